The molecular weight excluding hydrogens is 306 g/mol. The zero-order valence-electron chi connectivity index (χ0n) is 11.2. The quantitative estimate of drug-likeness (QED) is 0.657. The monoisotopic (exact) mass is 317 g/mol. The Morgan fingerprint density at radius 3 is 2.95 bits per heavy atom. The Hall–Kier alpha value is -1.72. The smallest absolute Gasteiger partial charge is 0.231 e. The molecule has 6 heteroatoms. The molecule has 3 aromatic heterocycles. The molecule has 4 nitrogen and oxygen atoms in total. The largest absolute Gasteiger partial charge is 0.435 e. The van der Waals surface area contributed by atoms with Crippen molar-refractivity contribution in [2.24, 2.45) is 0 Å². The van der Waals surface area contributed by atoms with E-state index in [0.717, 1.165) is 23.1 Å². The van der Waals surface area contributed by atoms with Crippen LogP contribution in [-0.2, 0) is 12.8 Å². The summed E-state index contributed by atoms with van der Waals surface area (Å²) in [5.41, 5.74) is 1.34. The lowest BCUT2D eigenvalue weighted by Gasteiger charge is -2.12. The van der Waals surface area contributed by atoms with Gasteiger partial charge >= 0.3 is 0 Å². The molecule has 3 heterocycles. The van der Waals surface area contributed by atoms with Gasteiger partial charge < -0.3 is 4.74 Å². The number of aromatic nitrogens is 3. The van der Waals surface area contributed by atoms with Gasteiger partial charge in [0, 0.05) is 11.1 Å². The minimum Gasteiger partial charge on any atom is -0.435 e. The SMILES string of the molecule is Clc1ncccc1Oc1ncnc2sc3c(c12)CCCC3. The first-order chi connectivity index (χ1) is 10.3. The van der Waals surface area contributed by atoms with Gasteiger partial charge in [0.1, 0.15) is 11.2 Å². The van der Waals surface area contributed by atoms with Gasteiger partial charge in [-0.05, 0) is 43.4 Å². The lowest BCUT2D eigenvalue weighted by atomic mass is 9.97. The van der Waals surface area contributed by atoms with E-state index < -0.39 is 0 Å². The Balaban J connectivity index is 1.85. The number of ether oxygens (including phenoxy) is 1. The molecule has 3 aromatic rings. The summed E-state index contributed by atoms with van der Waals surface area (Å²) in [7, 11) is 0. The van der Waals surface area contributed by atoms with Crippen LogP contribution in [0.2, 0.25) is 5.15 Å². The van der Waals surface area contributed by atoms with Crippen molar-refractivity contribution in [1.82, 2.24) is 15.0 Å². The van der Waals surface area contributed by atoms with E-state index in [1.807, 2.05) is 0 Å². The highest BCUT2D eigenvalue weighted by Gasteiger charge is 2.21. The van der Waals surface area contributed by atoms with Crippen LogP contribution in [0.15, 0.2) is 24.7 Å². The average Bonchev–Trinajstić information content (AvgIpc) is 2.89. The van der Waals surface area contributed by atoms with Crippen molar-refractivity contribution in [3.63, 3.8) is 0 Å². The summed E-state index contributed by atoms with van der Waals surface area (Å²) in [5, 5.41) is 1.38. The van der Waals surface area contributed by atoms with Crippen LogP contribution >= 0.6 is 22.9 Å². The third kappa shape index (κ3) is 2.26. The van der Waals surface area contributed by atoms with Crippen LogP contribution in [0.4, 0.5) is 0 Å². The maximum atomic E-state index is 6.07. The van der Waals surface area contributed by atoms with Gasteiger partial charge in [0.2, 0.25) is 5.88 Å². The molecule has 106 valence electrons. The second-order valence-electron chi connectivity index (χ2n) is 4.96. The van der Waals surface area contributed by atoms with Gasteiger partial charge in [-0.25, -0.2) is 15.0 Å². The molecule has 0 unspecified atom stereocenters. The summed E-state index contributed by atoms with van der Waals surface area (Å²) in [5.74, 6) is 1.10. The Labute approximate surface area is 130 Å². The molecule has 1 aliphatic rings. The fraction of sp³-hybridized carbons (Fsp3) is 0.267. The molecule has 0 aromatic carbocycles. The normalized spacial score (nSPS) is 14.1. The highest BCUT2D eigenvalue weighted by atomic mass is 35.5. The highest BCUT2D eigenvalue weighted by molar-refractivity contribution is 7.18. The van der Waals surface area contributed by atoms with E-state index in [9.17, 15) is 0 Å². The number of nitrogens with zero attached hydrogens (tertiary/aromatic N) is 3. The number of thiophene rings is 1. The van der Waals surface area contributed by atoms with E-state index in [4.69, 9.17) is 16.3 Å². The van der Waals surface area contributed by atoms with Crippen LogP contribution in [-0.4, -0.2) is 15.0 Å². The van der Waals surface area contributed by atoms with Crippen molar-refractivity contribution in [3.8, 4) is 11.6 Å². The van der Waals surface area contributed by atoms with Crippen LogP contribution < -0.4 is 4.74 Å². The van der Waals surface area contributed by atoms with Gasteiger partial charge in [0.25, 0.3) is 0 Å². The van der Waals surface area contributed by atoms with Crippen molar-refractivity contribution in [2.75, 3.05) is 0 Å². The van der Waals surface area contributed by atoms with Crippen molar-refractivity contribution >= 4 is 33.2 Å². The van der Waals surface area contributed by atoms with E-state index in [0.29, 0.717) is 16.8 Å². The van der Waals surface area contributed by atoms with E-state index >= 15 is 0 Å². The number of halogens is 1. The number of fused-ring (bicyclic) bond motifs is 3. The lowest BCUT2D eigenvalue weighted by molar-refractivity contribution is 0.466. The number of hydrogen-bond acceptors (Lipinski definition) is 5. The van der Waals surface area contributed by atoms with E-state index in [1.54, 1.807) is 36.0 Å². The second kappa shape index (κ2) is 5.24. The summed E-state index contributed by atoms with van der Waals surface area (Å²) in [6.07, 6.45) is 7.84. The number of hydrogen-bond donors (Lipinski definition) is 0. The molecule has 0 atom stereocenters. The van der Waals surface area contributed by atoms with Crippen LogP contribution in [0, 0.1) is 0 Å². The van der Waals surface area contributed by atoms with Crippen molar-refractivity contribution < 1.29 is 4.74 Å². The summed E-state index contributed by atoms with van der Waals surface area (Å²) in [4.78, 5) is 15.1. The molecule has 0 N–H and O–H groups in total. The maximum Gasteiger partial charge on any atom is 0.231 e. The lowest BCUT2D eigenvalue weighted by Crippen LogP contribution is -1.99. The summed E-state index contributed by atoms with van der Waals surface area (Å²) < 4.78 is 5.91. The molecule has 0 spiro atoms. The van der Waals surface area contributed by atoms with E-state index in [1.165, 1.54) is 23.3 Å². The standard InChI is InChI=1S/C15H12ClN3OS/c16-13-10(5-3-7-17-13)20-14-12-9-4-1-2-6-11(9)21-15(12)19-8-18-14/h3,5,7-8H,1-2,4,6H2. The number of pyridine rings is 1. The van der Waals surface area contributed by atoms with Crippen molar-refractivity contribution in [3.05, 3.63) is 40.3 Å². The van der Waals surface area contributed by atoms with Crippen molar-refractivity contribution in [2.45, 2.75) is 25.7 Å². The highest BCUT2D eigenvalue weighted by Crippen LogP contribution is 2.40. The zero-order chi connectivity index (χ0) is 14.2. The van der Waals surface area contributed by atoms with Gasteiger partial charge in [-0.1, -0.05) is 11.6 Å². The third-order valence-corrected chi connectivity index (χ3v) is 5.13. The predicted molar refractivity (Wildman–Crippen MR) is 83.4 cm³/mol. The van der Waals surface area contributed by atoms with Crippen LogP contribution in [0.5, 0.6) is 11.6 Å². The molecule has 0 saturated carbocycles. The molecule has 21 heavy (non-hydrogen) atoms. The molecule has 1 aliphatic carbocycles. The molecule has 0 saturated heterocycles. The molecule has 0 bridgehead atoms. The van der Waals surface area contributed by atoms with E-state index in [2.05, 4.69) is 15.0 Å². The Bertz CT molecular complexity index is 818. The van der Waals surface area contributed by atoms with Crippen LogP contribution in [0.1, 0.15) is 23.3 Å². The van der Waals surface area contributed by atoms with Crippen LogP contribution in [0.3, 0.4) is 0 Å². The molecule has 0 fully saturated rings. The van der Waals surface area contributed by atoms with E-state index in [-0.39, 0.29) is 0 Å². The van der Waals surface area contributed by atoms with Gasteiger partial charge in [0.15, 0.2) is 10.9 Å². The summed E-state index contributed by atoms with van der Waals surface area (Å²) in [6.45, 7) is 0. The summed E-state index contributed by atoms with van der Waals surface area (Å²) >= 11 is 7.81. The maximum absolute atomic E-state index is 6.07. The van der Waals surface area contributed by atoms with Gasteiger partial charge in [-0.2, -0.15) is 0 Å². The Morgan fingerprint density at radius 1 is 1.14 bits per heavy atom. The van der Waals surface area contributed by atoms with Crippen LogP contribution in [0.25, 0.3) is 10.2 Å². The van der Waals surface area contributed by atoms with Crippen molar-refractivity contribution in [1.29, 1.82) is 0 Å². The number of aryl methyl sites for hydroxylation is 2. The van der Waals surface area contributed by atoms with Gasteiger partial charge in [-0.3, -0.25) is 0 Å². The molecule has 4 rings (SSSR count). The van der Waals surface area contributed by atoms with Gasteiger partial charge in [-0.15, -0.1) is 11.3 Å². The fourth-order valence-electron chi connectivity index (χ4n) is 2.69. The third-order valence-electron chi connectivity index (χ3n) is 3.65. The summed E-state index contributed by atoms with van der Waals surface area (Å²) in [6, 6.07) is 3.59. The van der Waals surface area contributed by atoms with Gasteiger partial charge in [0.05, 0.1) is 5.39 Å². The second-order valence-corrected chi connectivity index (χ2v) is 6.41. The first kappa shape index (κ1) is 13.0. The fourth-order valence-corrected chi connectivity index (χ4v) is 4.07. The average molecular weight is 318 g/mol. The Kier molecular flexibility index (Phi) is 3.24. The molecule has 0 amide bonds. The minimum atomic E-state index is 0.341. The molecule has 0 radical (unpaired) electrons. The topological polar surface area (TPSA) is 47.9 Å². The molecular formula is C15H12ClN3OS. The Morgan fingerprint density at radius 2 is 2.05 bits per heavy atom. The predicted octanol–water partition coefficient (Wildman–Crippen LogP) is 4.41. The molecule has 0 aliphatic heterocycles. The number of rotatable bonds is 2. The first-order valence-corrected chi connectivity index (χ1v) is 8.06. The minimum absolute atomic E-state index is 0.341. The zero-order valence-corrected chi connectivity index (χ0v) is 12.7. The first-order valence-electron chi connectivity index (χ1n) is 6.86.